The SMILES string of the molecule is CC(C)C1=CC(C)(C)C=C2OCOC2=C1. The summed E-state index contributed by atoms with van der Waals surface area (Å²) in [5, 5.41) is 0. The number of rotatable bonds is 1. The Morgan fingerprint density at radius 2 is 1.80 bits per heavy atom. The molecule has 0 bridgehead atoms. The summed E-state index contributed by atoms with van der Waals surface area (Å²) in [5.74, 6) is 2.26. The summed E-state index contributed by atoms with van der Waals surface area (Å²) < 4.78 is 10.9. The van der Waals surface area contributed by atoms with Crippen molar-refractivity contribution >= 4 is 0 Å². The van der Waals surface area contributed by atoms with E-state index in [1.165, 1.54) is 5.57 Å². The van der Waals surface area contributed by atoms with E-state index in [1.807, 2.05) is 0 Å². The Morgan fingerprint density at radius 3 is 2.47 bits per heavy atom. The van der Waals surface area contributed by atoms with E-state index in [9.17, 15) is 0 Å². The second-order valence-corrected chi connectivity index (χ2v) is 5.04. The van der Waals surface area contributed by atoms with Crippen molar-refractivity contribution in [3.63, 3.8) is 0 Å². The number of hydrogen-bond donors (Lipinski definition) is 0. The van der Waals surface area contributed by atoms with Crippen LogP contribution in [0.1, 0.15) is 27.7 Å². The summed E-state index contributed by atoms with van der Waals surface area (Å²) in [6.45, 7) is 9.10. The fraction of sp³-hybridized carbons (Fsp3) is 0.538. The molecule has 0 N–H and O–H groups in total. The fourth-order valence-corrected chi connectivity index (χ4v) is 1.86. The van der Waals surface area contributed by atoms with Crippen LogP contribution in [0.5, 0.6) is 0 Å². The molecule has 82 valence electrons. The van der Waals surface area contributed by atoms with Gasteiger partial charge in [-0.1, -0.05) is 33.8 Å². The minimum atomic E-state index is 0.0287. The minimum Gasteiger partial charge on any atom is -0.454 e. The van der Waals surface area contributed by atoms with Crippen molar-refractivity contribution in [3.8, 4) is 0 Å². The first-order valence-corrected chi connectivity index (χ1v) is 5.41. The molecule has 2 aliphatic rings. The van der Waals surface area contributed by atoms with Gasteiger partial charge in [-0.25, -0.2) is 0 Å². The molecular formula is C13H18O2. The van der Waals surface area contributed by atoms with Gasteiger partial charge in [0.15, 0.2) is 11.5 Å². The van der Waals surface area contributed by atoms with Crippen LogP contribution >= 0.6 is 0 Å². The molecule has 1 aliphatic heterocycles. The van der Waals surface area contributed by atoms with E-state index in [0.717, 1.165) is 11.5 Å². The molecule has 2 nitrogen and oxygen atoms in total. The summed E-state index contributed by atoms with van der Waals surface area (Å²) in [4.78, 5) is 0. The van der Waals surface area contributed by atoms with Gasteiger partial charge in [0.2, 0.25) is 6.79 Å². The highest BCUT2D eigenvalue weighted by atomic mass is 16.7. The van der Waals surface area contributed by atoms with Gasteiger partial charge in [0.25, 0.3) is 0 Å². The van der Waals surface area contributed by atoms with Gasteiger partial charge < -0.3 is 9.47 Å². The van der Waals surface area contributed by atoms with Crippen molar-refractivity contribution < 1.29 is 9.47 Å². The Bertz CT molecular complexity index is 357. The van der Waals surface area contributed by atoms with Gasteiger partial charge in [-0.15, -0.1) is 0 Å². The molecule has 1 saturated heterocycles. The van der Waals surface area contributed by atoms with E-state index in [2.05, 4.69) is 45.9 Å². The summed E-state index contributed by atoms with van der Waals surface area (Å²) in [5.41, 5.74) is 1.34. The fourth-order valence-electron chi connectivity index (χ4n) is 1.86. The van der Waals surface area contributed by atoms with Crippen molar-refractivity contribution in [2.24, 2.45) is 11.3 Å². The minimum absolute atomic E-state index is 0.0287. The maximum atomic E-state index is 5.44. The van der Waals surface area contributed by atoms with Gasteiger partial charge in [-0.2, -0.15) is 0 Å². The smallest absolute Gasteiger partial charge is 0.231 e. The van der Waals surface area contributed by atoms with Crippen LogP contribution in [0, 0.1) is 11.3 Å². The summed E-state index contributed by atoms with van der Waals surface area (Å²) in [6, 6.07) is 0. The number of hydrogen-bond acceptors (Lipinski definition) is 2. The lowest BCUT2D eigenvalue weighted by Crippen LogP contribution is -2.05. The highest BCUT2D eigenvalue weighted by Gasteiger charge is 2.25. The third-order valence-electron chi connectivity index (χ3n) is 2.68. The number of ether oxygens (including phenoxy) is 2. The van der Waals surface area contributed by atoms with Crippen molar-refractivity contribution in [2.75, 3.05) is 6.79 Å². The molecule has 15 heavy (non-hydrogen) atoms. The van der Waals surface area contributed by atoms with Crippen molar-refractivity contribution in [1.29, 1.82) is 0 Å². The Labute approximate surface area is 91.3 Å². The molecule has 0 amide bonds. The van der Waals surface area contributed by atoms with Crippen LogP contribution in [0.3, 0.4) is 0 Å². The molecule has 0 aromatic carbocycles. The van der Waals surface area contributed by atoms with Crippen molar-refractivity contribution in [2.45, 2.75) is 27.7 Å². The Morgan fingerprint density at radius 1 is 1.13 bits per heavy atom. The Hall–Kier alpha value is -1.18. The Balaban J connectivity index is 2.44. The second-order valence-electron chi connectivity index (χ2n) is 5.04. The lowest BCUT2D eigenvalue weighted by Gasteiger charge is -2.17. The van der Waals surface area contributed by atoms with Gasteiger partial charge in [0.05, 0.1) is 0 Å². The first kappa shape index (κ1) is 10.3. The van der Waals surface area contributed by atoms with E-state index in [0.29, 0.717) is 12.7 Å². The van der Waals surface area contributed by atoms with E-state index in [1.54, 1.807) is 0 Å². The molecule has 2 heteroatoms. The number of fused-ring (bicyclic) bond motifs is 1. The molecular weight excluding hydrogens is 188 g/mol. The molecule has 1 heterocycles. The third-order valence-corrected chi connectivity index (χ3v) is 2.68. The van der Waals surface area contributed by atoms with Crippen LogP contribution in [0.4, 0.5) is 0 Å². The lowest BCUT2D eigenvalue weighted by atomic mass is 9.88. The first-order valence-electron chi connectivity index (χ1n) is 5.41. The van der Waals surface area contributed by atoms with Gasteiger partial charge in [-0.3, -0.25) is 0 Å². The van der Waals surface area contributed by atoms with Gasteiger partial charge in [-0.05, 0) is 23.6 Å². The molecule has 0 atom stereocenters. The average Bonchev–Trinajstić information content (AvgIpc) is 2.45. The molecule has 0 aromatic heterocycles. The van der Waals surface area contributed by atoms with Gasteiger partial charge in [0, 0.05) is 5.41 Å². The largest absolute Gasteiger partial charge is 0.454 e. The van der Waals surface area contributed by atoms with E-state index in [4.69, 9.17) is 9.47 Å². The monoisotopic (exact) mass is 206 g/mol. The zero-order valence-electron chi connectivity index (χ0n) is 9.83. The maximum absolute atomic E-state index is 5.44. The summed E-state index contributed by atoms with van der Waals surface area (Å²) in [6.07, 6.45) is 6.50. The summed E-state index contributed by atoms with van der Waals surface area (Å²) in [7, 11) is 0. The van der Waals surface area contributed by atoms with Gasteiger partial charge >= 0.3 is 0 Å². The molecule has 0 unspecified atom stereocenters. The number of allylic oxidation sites excluding steroid dienone is 4. The van der Waals surface area contributed by atoms with Crippen LogP contribution in [-0.2, 0) is 9.47 Å². The summed E-state index contributed by atoms with van der Waals surface area (Å²) >= 11 is 0. The topological polar surface area (TPSA) is 18.5 Å². The van der Waals surface area contributed by atoms with E-state index in [-0.39, 0.29) is 5.41 Å². The van der Waals surface area contributed by atoms with Crippen LogP contribution in [0.15, 0.2) is 35.3 Å². The normalized spacial score (nSPS) is 23.1. The van der Waals surface area contributed by atoms with E-state index >= 15 is 0 Å². The van der Waals surface area contributed by atoms with Crippen LogP contribution in [0.2, 0.25) is 0 Å². The highest BCUT2D eigenvalue weighted by Crippen LogP contribution is 2.35. The lowest BCUT2D eigenvalue weighted by molar-refractivity contribution is 0.0968. The predicted molar refractivity (Wildman–Crippen MR) is 59.9 cm³/mol. The third kappa shape index (κ3) is 2.09. The Kier molecular flexibility index (Phi) is 2.37. The molecule has 1 aliphatic carbocycles. The van der Waals surface area contributed by atoms with Crippen LogP contribution in [0.25, 0.3) is 0 Å². The predicted octanol–water partition coefficient (Wildman–Crippen LogP) is 3.38. The van der Waals surface area contributed by atoms with E-state index < -0.39 is 0 Å². The molecule has 0 spiro atoms. The zero-order valence-corrected chi connectivity index (χ0v) is 9.83. The van der Waals surface area contributed by atoms with Crippen LogP contribution in [-0.4, -0.2) is 6.79 Å². The van der Waals surface area contributed by atoms with Gasteiger partial charge in [0.1, 0.15) is 0 Å². The zero-order chi connectivity index (χ0) is 11.1. The van der Waals surface area contributed by atoms with Crippen molar-refractivity contribution in [3.05, 3.63) is 35.3 Å². The average molecular weight is 206 g/mol. The molecule has 1 fully saturated rings. The first-order chi connectivity index (χ1) is 6.98. The standard InChI is InChI=1S/C13H18O2/c1-9(2)10-5-11-12(15-8-14-11)7-13(3,4)6-10/h5-7,9H,8H2,1-4H3. The highest BCUT2D eigenvalue weighted by molar-refractivity contribution is 5.39. The molecule has 0 aromatic rings. The maximum Gasteiger partial charge on any atom is 0.231 e. The van der Waals surface area contributed by atoms with Crippen LogP contribution < -0.4 is 0 Å². The van der Waals surface area contributed by atoms with Crippen molar-refractivity contribution in [1.82, 2.24) is 0 Å². The second kappa shape index (κ2) is 3.44. The quantitative estimate of drug-likeness (QED) is 0.654. The molecule has 2 rings (SSSR count). The molecule has 0 saturated carbocycles. The molecule has 0 radical (unpaired) electrons.